The first-order chi connectivity index (χ1) is 7.15. The summed E-state index contributed by atoms with van der Waals surface area (Å²) in [5, 5.41) is 3.74. The Kier molecular flexibility index (Phi) is 5.44. The molecule has 0 aliphatic rings. The van der Waals surface area contributed by atoms with E-state index in [9.17, 15) is 8.78 Å². The van der Waals surface area contributed by atoms with Crippen molar-refractivity contribution in [3.63, 3.8) is 0 Å². The number of aromatic nitrogens is 2. The molecule has 0 aliphatic heterocycles. The largest absolute Gasteiger partial charge is 0.375 e. The van der Waals surface area contributed by atoms with Crippen molar-refractivity contribution in [3.05, 3.63) is 15.5 Å². The summed E-state index contributed by atoms with van der Waals surface area (Å²) in [6.45, 7) is 0.438. The van der Waals surface area contributed by atoms with Crippen LogP contribution in [0.5, 0.6) is 0 Å². The third-order valence-corrected chi connectivity index (χ3v) is 2.74. The normalized spacial score (nSPS) is 11.3. The van der Waals surface area contributed by atoms with Crippen LogP contribution in [0.4, 0.5) is 8.78 Å². The van der Waals surface area contributed by atoms with E-state index < -0.39 is 6.55 Å². The first-order valence-corrected chi connectivity index (χ1v) is 5.82. The summed E-state index contributed by atoms with van der Waals surface area (Å²) < 4.78 is 31.2. The minimum absolute atomic E-state index is 0.304. The molecule has 0 atom stereocenters. The van der Waals surface area contributed by atoms with Gasteiger partial charge in [0.05, 0.1) is 10.2 Å². The Balaban J connectivity index is 2.46. The van der Waals surface area contributed by atoms with Gasteiger partial charge in [0.2, 0.25) is 0 Å². The van der Waals surface area contributed by atoms with Crippen molar-refractivity contribution in [2.75, 3.05) is 6.61 Å². The lowest BCUT2D eigenvalue weighted by Crippen LogP contribution is -2.01. The Morgan fingerprint density at radius 2 is 2.33 bits per heavy atom. The summed E-state index contributed by atoms with van der Waals surface area (Å²) in [4.78, 5) is 0. The van der Waals surface area contributed by atoms with Crippen LogP contribution in [0.25, 0.3) is 0 Å². The molecule has 6 heteroatoms. The zero-order valence-corrected chi connectivity index (χ0v) is 10.6. The summed E-state index contributed by atoms with van der Waals surface area (Å²) in [6.07, 6.45) is 3.36. The molecule has 0 N–H and O–H groups in total. The van der Waals surface area contributed by atoms with Crippen molar-refractivity contribution in [1.82, 2.24) is 9.78 Å². The molecule has 0 spiro atoms. The molecule has 1 aromatic rings. The van der Waals surface area contributed by atoms with Gasteiger partial charge in [-0.15, -0.1) is 0 Å². The average Bonchev–Trinajstić information content (AvgIpc) is 2.55. The maximum Gasteiger partial charge on any atom is 0.333 e. The second kappa shape index (κ2) is 6.37. The van der Waals surface area contributed by atoms with Crippen molar-refractivity contribution in [3.8, 4) is 0 Å². The fourth-order valence-corrected chi connectivity index (χ4v) is 1.57. The summed E-state index contributed by atoms with van der Waals surface area (Å²) in [7, 11) is 0. The van der Waals surface area contributed by atoms with Gasteiger partial charge in [0, 0.05) is 12.8 Å². The smallest absolute Gasteiger partial charge is 0.333 e. The van der Waals surface area contributed by atoms with Gasteiger partial charge in [-0.1, -0.05) is 13.3 Å². The van der Waals surface area contributed by atoms with Gasteiger partial charge in [-0.3, -0.25) is 0 Å². The Morgan fingerprint density at radius 1 is 1.60 bits per heavy atom. The fourth-order valence-electron chi connectivity index (χ4n) is 1.02. The van der Waals surface area contributed by atoms with E-state index in [4.69, 9.17) is 4.74 Å². The Hall–Kier alpha value is -0.240. The summed E-state index contributed by atoms with van der Waals surface area (Å²) in [5.74, 6) is 0. The third kappa shape index (κ3) is 4.02. The van der Waals surface area contributed by atoms with Crippen molar-refractivity contribution in [2.45, 2.75) is 32.9 Å². The van der Waals surface area contributed by atoms with Crippen LogP contribution < -0.4 is 0 Å². The topological polar surface area (TPSA) is 27.1 Å². The number of nitrogens with zero attached hydrogens (tertiary/aromatic N) is 2. The predicted octanol–water partition coefficient (Wildman–Crippen LogP) is 3.20. The minimum atomic E-state index is -2.58. The first-order valence-electron chi connectivity index (χ1n) is 4.74. The number of alkyl halides is 2. The molecular weight excluding hydrogens is 317 g/mol. The predicted molar refractivity (Wildman–Crippen MR) is 60.8 cm³/mol. The molecule has 86 valence electrons. The molecule has 0 amide bonds. The molecule has 0 unspecified atom stereocenters. The highest BCUT2D eigenvalue weighted by atomic mass is 127. The van der Waals surface area contributed by atoms with Crippen LogP contribution in [0.1, 0.15) is 32.0 Å². The molecule has 0 aromatic carbocycles. The lowest BCUT2D eigenvalue weighted by Gasteiger charge is -2.00. The van der Waals surface area contributed by atoms with Gasteiger partial charge in [-0.2, -0.15) is 13.9 Å². The second-order valence-electron chi connectivity index (χ2n) is 3.09. The van der Waals surface area contributed by atoms with Crippen LogP contribution in [0.2, 0.25) is 0 Å². The molecular formula is C9H13F2IN2O. The van der Waals surface area contributed by atoms with Gasteiger partial charge in [-0.25, -0.2) is 4.68 Å². The maximum atomic E-state index is 12.3. The van der Waals surface area contributed by atoms with E-state index in [0.29, 0.717) is 27.2 Å². The van der Waals surface area contributed by atoms with E-state index in [2.05, 4.69) is 12.0 Å². The summed E-state index contributed by atoms with van der Waals surface area (Å²) in [6, 6.07) is 0. The number of hydrogen-bond donors (Lipinski definition) is 0. The van der Waals surface area contributed by atoms with Crippen LogP contribution in [-0.2, 0) is 11.3 Å². The van der Waals surface area contributed by atoms with E-state index in [1.807, 2.05) is 22.6 Å². The van der Waals surface area contributed by atoms with Crippen molar-refractivity contribution < 1.29 is 13.5 Å². The van der Waals surface area contributed by atoms with Gasteiger partial charge in [0.1, 0.15) is 5.69 Å². The van der Waals surface area contributed by atoms with E-state index in [1.165, 1.54) is 6.20 Å². The molecule has 1 heterocycles. The second-order valence-corrected chi connectivity index (χ2v) is 4.25. The highest BCUT2D eigenvalue weighted by molar-refractivity contribution is 14.1. The van der Waals surface area contributed by atoms with E-state index in [-0.39, 0.29) is 0 Å². The van der Waals surface area contributed by atoms with Crippen molar-refractivity contribution in [2.24, 2.45) is 0 Å². The zero-order valence-electron chi connectivity index (χ0n) is 8.42. The fraction of sp³-hybridized carbons (Fsp3) is 0.667. The molecule has 1 rings (SSSR count). The molecule has 0 bridgehead atoms. The molecule has 0 fully saturated rings. The Morgan fingerprint density at radius 3 is 2.87 bits per heavy atom. The third-order valence-electron chi connectivity index (χ3n) is 1.84. The van der Waals surface area contributed by atoms with E-state index in [1.54, 1.807) is 0 Å². The quantitative estimate of drug-likeness (QED) is 0.592. The highest BCUT2D eigenvalue weighted by Crippen LogP contribution is 2.16. The van der Waals surface area contributed by atoms with E-state index >= 15 is 0 Å². The lowest BCUT2D eigenvalue weighted by atomic mass is 10.4. The molecule has 1 aromatic heterocycles. The number of ether oxygens (including phenoxy) is 1. The Bertz CT molecular complexity index is 304. The minimum Gasteiger partial charge on any atom is -0.375 e. The van der Waals surface area contributed by atoms with Gasteiger partial charge in [-0.05, 0) is 29.0 Å². The highest BCUT2D eigenvalue weighted by Gasteiger charge is 2.12. The van der Waals surface area contributed by atoms with Crippen LogP contribution >= 0.6 is 22.6 Å². The average molecular weight is 330 g/mol. The molecule has 3 nitrogen and oxygen atoms in total. The van der Waals surface area contributed by atoms with Gasteiger partial charge in [0.15, 0.2) is 0 Å². The van der Waals surface area contributed by atoms with Crippen LogP contribution in [0.15, 0.2) is 6.20 Å². The molecule has 0 aliphatic carbocycles. The Labute approximate surface area is 101 Å². The van der Waals surface area contributed by atoms with Gasteiger partial charge in [0.25, 0.3) is 0 Å². The van der Waals surface area contributed by atoms with Gasteiger partial charge < -0.3 is 4.74 Å². The number of hydrogen-bond acceptors (Lipinski definition) is 2. The number of unbranched alkanes of at least 4 members (excludes halogenated alkanes) is 1. The molecule has 0 saturated carbocycles. The summed E-state index contributed by atoms with van der Waals surface area (Å²) >= 11 is 1.98. The SMILES string of the molecule is CCCCOCc1nn(C(F)F)cc1I. The van der Waals surface area contributed by atoms with Crippen LogP contribution in [0, 0.1) is 3.57 Å². The van der Waals surface area contributed by atoms with Crippen LogP contribution in [-0.4, -0.2) is 16.4 Å². The van der Waals surface area contributed by atoms with Crippen LogP contribution in [0.3, 0.4) is 0 Å². The standard InChI is InChI=1S/C9H13F2IN2O/c1-2-3-4-15-6-8-7(12)5-14(13-8)9(10)11/h5,9H,2-4,6H2,1H3. The molecule has 0 radical (unpaired) electrons. The summed E-state index contributed by atoms with van der Waals surface area (Å²) in [5.41, 5.74) is 0.576. The first kappa shape index (κ1) is 12.8. The lowest BCUT2D eigenvalue weighted by molar-refractivity contribution is 0.0542. The molecule has 0 saturated heterocycles. The number of rotatable bonds is 6. The van der Waals surface area contributed by atoms with E-state index in [0.717, 1.165) is 12.8 Å². The van der Waals surface area contributed by atoms with Crippen molar-refractivity contribution in [1.29, 1.82) is 0 Å². The monoisotopic (exact) mass is 330 g/mol. The number of halogens is 3. The zero-order chi connectivity index (χ0) is 11.3. The van der Waals surface area contributed by atoms with Crippen molar-refractivity contribution >= 4 is 22.6 Å². The molecule has 15 heavy (non-hydrogen) atoms. The van der Waals surface area contributed by atoms with Gasteiger partial charge >= 0.3 is 6.55 Å². The maximum absolute atomic E-state index is 12.3.